The highest BCUT2D eigenvalue weighted by atomic mass is 16.5. The van der Waals surface area contributed by atoms with Gasteiger partial charge in [-0.3, -0.25) is 0 Å². The minimum absolute atomic E-state index is 0.0173. The third-order valence-electron chi connectivity index (χ3n) is 2.45. The lowest BCUT2D eigenvalue weighted by Gasteiger charge is -2.23. The molecule has 96 valence electrons. The number of aromatic nitrogens is 1. The van der Waals surface area contributed by atoms with E-state index in [4.69, 9.17) is 14.6 Å². The summed E-state index contributed by atoms with van der Waals surface area (Å²) >= 11 is 0. The molecule has 1 aromatic heterocycles. The zero-order valence-corrected chi connectivity index (χ0v) is 10.4. The summed E-state index contributed by atoms with van der Waals surface area (Å²) in [6.45, 7) is 2.85. The summed E-state index contributed by atoms with van der Waals surface area (Å²) in [6, 6.07) is 3.77. The van der Waals surface area contributed by atoms with Crippen LogP contribution in [0.5, 0.6) is 0 Å². The zero-order chi connectivity index (χ0) is 12.5. The van der Waals surface area contributed by atoms with Crippen molar-refractivity contribution < 1.29 is 14.6 Å². The molecule has 0 atom stereocenters. The smallest absolute Gasteiger partial charge is 0.128 e. The van der Waals surface area contributed by atoms with Crippen LogP contribution in [0.15, 0.2) is 18.3 Å². The van der Waals surface area contributed by atoms with E-state index in [0.717, 1.165) is 24.5 Å². The molecule has 0 aliphatic rings. The lowest BCUT2D eigenvalue weighted by atomic mass is 10.3. The van der Waals surface area contributed by atoms with Crippen LogP contribution >= 0.6 is 0 Å². The maximum absolute atomic E-state index is 8.96. The van der Waals surface area contributed by atoms with Crippen LogP contribution in [0.4, 0.5) is 5.82 Å². The van der Waals surface area contributed by atoms with Crippen LogP contribution in [0, 0.1) is 0 Å². The van der Waals surface area contributed by atoms with Gasteiger partial charge in [-0.15, -0.1) is 0 Å². The van der Waals surface area contributed by atoms with Crippen molar-refractivity contribution in [3.05, 3.63) is 23.9 Å². The Morgan fingerprint density at radius 3 is 2.24 bits per heavy atom. The summed E-state index contributed by atoms with van der Waals surface area (Å²) in [6.07, 6.45) is 1.68. The number of aliphatic hydroxyl groups is 1. The molecule has 1 N–H and O–H groups in total. The first-order valence-corrected chi connectivity index (χ1v) is 5.60. The zero-order valence-electron chi connectivity index (χ0n) is 10.4. The molecule has 17 heavy (non-hydrogen) atoms. The first kappa shape index (κ1) is 13.9. The van der Waals surface area contributed by atoms with Crippen molar-refractivity contribution in [2.75, 3.05) is 45.4 Å². The largest absolute Gasteiger partial charge is 0.392 e. The monoisotopic (exact) mass is 240 g/mol. The van der Waals surface area contributed by atoms with Crippen LogP contribution in [0.2, 0.25) is 0 Å². The Labute approximate surface area is 102 Å². The number of ether oxygens (including phenoxy) is 2. The number of rotatable bonds is 8. The van der Waals surface area contributed by atoms with Crippen molar-refractivity contribution in [2.45, 2.75) is 6.61 Å². The van der Waals surface area contributed by atoms with Gasteiger partial charge in [-0.25, -0.2) is 4.98 Å². The third kappa shape index (κ3) is 4.68. The van der Waals surface area contributed by atoms with Gasteiger partial charge >= 0.3 is 0 Å². The average molecular weight is 240 g/mol. The molecule has 0 radical (unpaired) electrons. The second-order valence-corrected chi connectivity index (χ2v) is 3.66. The van der Waals surface area contributed by atoms with Crippen molar-refractivity contribution in [3.63, 3.8) is 0 Å². The van der Waals surface area contributed by atoms with Gasteiger partial charge in [0.2, 0.25) is 0 Å². The number of pyridine rings is 1. The van der Waals surface area contributed by atoms with Gasteiger partial charge < -0.3 is 19.5 Å². The quantitative estimate of drug-likeness (QED) is 0.724. The molecule has 0 aliphatic heterocycles. The van der Waals surface area contributed by atoms with Crippen molar-refractivity contribution in [3.8, 4) is 0 Å². The van der Waals surface area contributed by atoms with E-state index in [0.29, 0.717) is 13.2 Å². The summed E-state index contributed by atoms with van der Waals surface area (Å²) in [5, 5.41) is 8.96. The fourth-order valence-electron chi connectivity index (χ4n) is 1.44. The van der Waals surface area contributed by atoms with Crippen LogP contribution in [-0.2, 0) is 16.1 Å². The fourth-order valence-corrected chi connectivity index (χ4v) is 1.44. The summed E-state index contributed by atoms with van der Waals surface area (Å²) in [5.74, 6) is 0.872. The molecule has 0 fully saturated rings. The molecular weight excluding hydrogens is 220 g/mol. The van der Waals surface area contributed by atoms with E-state index in [1.54, 1.807) is 20.4 Å². The molecule has 0 saturated heterocycles. The Bertz CT molecular complexity index is 295. The van der Waals surface area contributed by atoms with Gasteiger partial charge in [0.25, 0.3) is 0 Å². The number of nitrogens with zero attached hydrogens (tertiary/aromatic N) is 2. The molecule has 5 nitrogen and oxygen atoms in total. The summed E-state index contributed by atoms with van der Waals surface area (Å²) < 4.78 is 10.1. The molecule has 1 heterocycles. The van der Waals surface area contributed by atoms with Gasteiger partial charge in [-0.05, 0) is 11.6 Å². The average Bonchev–Trinajstić information content (AvgIpc) is 2.39. The van der Waals surface area contributed by atoms with E-state index in [-0.39, 0.29) is 6.61 Å². The Kier molecular flexibility index (Phi) is 6.54. The molecule has 1 aromatic rings. The highest BCUT2D eigenvalue weighted by molar-refractivity contribution is 5.39. The number of aliphatic hydroxyl groups excluding tert-OH is 1. The molecule has 0 unspecified atom stereocenters. The molecule has 0 spiro atoms. The Hall–Kier alpha value is -1.17. The molecule has 1 rings (SSSR count). The maximum atomic E-state index is 8.96. The van der Waals surface area contributed by atoms with E-state index in [2.05, 4.69) is 9.88 Å². The highest BCUT2D eigenvalue weighted by Crippen LogP contribution is 2.11. The second-order valence-electron chi connectivity index (χ2n) is 3.66. The normalized spacial score (nSPS) is 10.5. The Balaban J connectivity index is 2.65. The molecular formula is C12H20N2O3. The number of hydrogen-bond acceptors (Lipinski definition) is 5. The van der Waals surface area contributed by atoms with Crippen LogP contribution in [0.3, 0.4) is 0 Å². The first-order chi connectivity index (χ1) is 8.31. The van der Waals surface area contributed by atoms with E-state index in [1.807, 2.05) is 12.1 Å². The Morgan fingerprint density at radius 1 is 1.18 bits per heavy atom. The molecule has 0 aromatic carbocycles. The molecule has 5 heteroatoms. The van der Waals surface area contributed by atoms with Gasteiger partial charge in [-0.1, -0.05) is 6.07 Å². The third-order valence-corrected chi connectivity index (χ3v) is 2.45. The lowest BCUT2D eigenvalue weighted by molar-refractivity contribution is 0.190. The second kappa shape index (κ2) is 8.00. The molecule has 0 bridgehead atoms. The number of hydrogen-bond donors (Lipinski definition) is 1. The molecule has 0 saturated carbocycles. The topological polar surface area (TPSA) is 54.8 Å². The van der Waals surface area contributed by atoms with Gasteiger partial charge in [-0.2, -0.15) is 0 Å². The van der Waals surface area contributed by atoms with E-state index < -0.39 is 0 Å². The predicted molar refractivity (Wildman–Crippen MR) is 66.1 cm³/mol. The van der Waals surface area contributed by atoms with Crippen molar-refractivity contribution in [1.82, 2.24) is 4.98 Å². The Morgan fingerprint density at radius 2 is 1.82 bits per heavy atom. The first-order valence-electron chi connectivity index (χ1n) is 5.60. The summed E-state index contributed by atoms with van der Waals surface area (Å²) in [5.41, 5.74) is 0.812. The van der Waals surface area contributed by atoms with Gasteiger partial charge in [0.15, 0.2) is 0 Å². The molecule has 0 amide bonds. The van der Waals surface area contributed by atoms with Gasteiger partial charge in [0.05, 0.1) is 19.8 Å². The minimum Gasteiger partial charge on any atom is -0.392 e. The number of methoxy groups -OCH3 is 2. The highest BCUT2D eigenvalue weighted by Gasteiger charge is 2.07. The maximum Gasteiger partial charge on any atom is 0.128 e. The number of anilines is 1. The van der Waals surface area contributed by atoms with E-state index >= 15 is 0 Å². The van der Waals surface area contributed by atoms with Crippen molar-refractivity contribution >= 4 is 5.82 Å². The SMILES string of the molecule is COCCN(CCOC)c1ccc(CO)cn1. The van der Waals surface area contributed by atoms with Crippen LogP contribution < -0.4 is 4.90 Å². The lowest BCUT2D eigenvalue weighted by Crippen LogP contribution is -2.31. The standard InChI is InChI=1S/C12H20N2O3/c1-16-7-5-14(6-8-17-2)12-4-3-11(10-15)9-13-12/h3-4,9,15H,5-8,10H2,1-2H3. The van der Waals surface area contributed by atoms with Crippen LogP contribution in [0.1, 0.15) is 5.56 Å². The molecule has 0 aliphatic carbocycles. The van der Waals surface area contributed by atoms with Gasteiger partial charge in [0, 0.05) is 33.5 Å². The van der Waals surface area contributed by atoms with E-state index in [1.165, 1.54) is 0 Å². The fraction of sp³-hybridized carbons (Fsp3) is 0.583. The van der Waals surface area contributed by atoms with Gasteiger partial charge in [0.1, 0.15) is 5.82 Å². The van der Waals surface area contributed by atoms with Crippen molar-refractivity contribution in [2.24, 2.45) is 0 Å². The van der Waals surface area contributed by atoms with E-state index in [9.17, 15) is 0 Å². The van der Waals surface area contributed by atoms with Crippen LogP contribution in [-0.4, -0.2) is 50.6 Å². The predicted octanol–water partition coefficient (Wildman–Crippen LogP) is 0.673. The van der Waals surface area contributed by atoms with Crippen LogP contribution in [0.25, 0.3) is 0 Å². The van der Waals surface area contributed by atoms with Crippen molar-refractivity contribution in [1.29, 1.82) is 0 Å². The minimum atomic E-state index is 0.0173. The summed E-state index contributed by atoms with van der Waals surface area (Å²) in [7, 11) is 3.35. The summed E-state index contributed by atoms with van der Waals surface area (Å²) in [4.78, 5) is 6.40.